The maximum Gasteiger partial charge on any atom is 0.490 e. The quantitative estimate of drug-likeness (QED) is 0.557. The van der Waals surface area contributed by atoms with Crippen molar-refractivity contribution in [2.45, 2.75) is 19.0 Å². The Kier molecular flexibility index (Phi) is 5.59. The van der Waals surface area contributed by atoms with E-state index in [4.69, 9.17) is 4.74 Å². The molecule has 0 spiro atoms. The van der Waals surface area contributed by atoms with Crippen molar-refractivity contribution in [1.29, 1.82) is 0 Å². The molecule has 154 valence electrons. The number of piperazine rings is 1. The fourth-order valence-corrected chi connectivity index (χ4v) is 3.87. The van der Waals surface area contributed by atoms with Crippen LogP contribution < -0.4 is 21.2 Å². The molecule has 4 rings (SSSR count). The lowest BCUT2D eigenvalue weighted by atomic mass is 9.81. The van der Waals surface area contributed by atoms with Gasteiger partial charge in [0.2, 0.25) is 0 Å². The highest BCUT2D eigenvalue weighted by molar-refractivity contribution is 6.58. The first-order valence-electron chi connectivity index (χ1n) is 9.80. The van der Waals surface area contributed by atoms with E-state index in [-0.39, 0.29) is 16.7 Å². The number of anilines is 3. The highest BCUT2D eigenvalue weighted by Gasteiger charge is 2.32. The SMILES string of the molecule is C[C@H]1CN(C2COC2)CCN1c1ccc(Nc2cc(B(O)O)cn(C)c2=O)nc1. The summed E-state index contributed by atoms with van der Waals surface area (Å²) in [5.74, 6) is 0.522. The Labute approximate surface area is 169 Å². The molecule has 3 N–H and O–H groups in total. The molecule has 2 aromatic rings. The number of aryl methyl sites for hydroxylation is 1. The van der Waals surface area contributed by atoms with Crippen LogP contribution in [0, 0.1) is 0 Å². The van der Waals surface area contributed by atoms with Gasteiger partial charge in [-0.2, -0.15) is 0 Å². The molecule has 9 nitrogen and oxygen atoms in total. The van der Waals surface area contributed by atoms with Crippen molar-refractivity contribution >= 4 is 29.8 Å². The Hall–Kier alpha value is -2.40. The van der Waals surface area contributed by atoms with Gasteiger partial charge in [-0.1, -0.05) is 0 Å². The number of rotatable bonds is 5. The van der Waals surface area contributed by atoms with Gasteiger partial charge >= 0.3 is 7.12 Å². The van der Waals surface area contributed by atoms with Crippen molar-refractivity contribution in [2.24, 2.45) is 7.05 Å². The zero-order valence-electron chi connectivity index (χ0n) is 16.7. The first-order valence-corrected chi connectivity index (χ1v) is 9.80. The van der Waals surface area contributed by atoms with Gasteiger partial charge in [-0.25, -0.2) is 4.98 Å². The molecular weight excluding hydrogens is 373 g/mol. The molecule has 0 aromatic carbocycles. The van der Waals surface area contributed by atoms with Gasteiger partial charge in [-0.05, 0) is 25.1 Å². The third kappa shape index (κ3) is 4.15. The molecule has 2 aliphatic heterocycles. The molecule has 0 radical (unpaired) electrons. The van der Waals surface area contributed by atoms with Crippen LogP contribution in [0.2, 0.25) is 0 Å². The second-order valence-corrected chi connectivity index (χ2v) is 7.73. The minimum atomic E-state index is -1.65. The number of pyridine rings is 2. The molecule has 10 heteroatoms. The summed E-state index contributed by atoms with van der Waals surface area (Å²) in [6, 6.07) is 6.17. The van der Waals surface area contributed by atoms with E-state index in [1.165, 1.54) is 16.8 Å². The van der Waals surface area contributed by atoms with Crippen molar-refractivity contribution in [1.82, 2.24) is 14.5 Å². The van der Waals surface area contributed by atoms with Gasteiger partial charge in [0.05, 0.1) is 31.1 Å². The van der Waals surface area contributed by atoms with E-state index < -0.39 is 7.12 Å². The summed E-state index contributed by atoms with van der Waals surface area (Å²) in [5.41, 5.74) is 1.24. The van der Waals surface area contributed by atoms with E-state index in [1.54, 1.807) is 13.2 Å². The molecular formula is C19H26BN5O4. The molecule has 2 aromatic heterocycles. The second kappa shape index (κ2) is 8.15. The minimum Gasteiger partial charge on any atom is -0.423 e. The molecule has 2 saturated heterocycles. The topological polar surface area (TPSA) is 103 Å². The van der Waals surface area contributed by atoms with Gasteiger partial charge in [0.25, 0.3) is 5.56 Å². The van der Waals surface area contributed by atoms with Crippen LogP contribution in [0.4, 0.5) is 17.2 Å². The number of ether oxygens (including phenoxy) is 1. The summed E-state index contributed by atoms with van der Waals surface area (Å²) in [6.45, 7) is 6.83. The second-order valence-electron chi connectivity index (χ2n) is 7.73. The average molecular weight is 399 g/mol. The smallest absolute Gasteiger partial charge is 0.423 e. The van der Waals surface area contributed by atoms with Gasteiger partial charge in [0, 0.05) is 44.4 Å². The molecule has 0 amide bonds. The minimum absolute atomic E-state index is 0.231. The van der Waals surface area contributed by atoms with Crippen LogP contribution in [0.25, 0.3) is 0 Å². The Morgan fingerprint density at radius 3 is 2.66 bits per heavy atom. The van der Waals surface area contributed by atoms with E-state index in [0.717, 1.165) is 38.5 Å². The Morgan fingerprint density at radius 1 is 1.28 bits per heavy atom. The zero-order valence-corrected chi connectivity index (χ0v) is 16.7. The monoisotopic (exact) mass is 399 g/mol. The third-order valence-corrected chi connectivity index (χ3v) is 5.64. The Balaban J connectivity index is 1.45. The number of aromatic nitrogens is 2. The zero-order chi connectivity index (χ0) is 20.5. The molecule has 0 aliphatic carbocycles. The van der Waals surface area contributed by atoms with Crippen LogP contribution in [0.1, 0.15) is 6.92 Å². The number of hydrogen-bond acceptors (Lipinski definition) is 8. The van der Waals surface area contributed by atoms with Crippen LogP contribution in [0.5, 0.6) is 0 Å². The molecule has 1 atom stereocenters. The lowest BCUT2D eigenvalue weighted by Gasteiger charge is -2.46. The van der Waals surface area contributed by atoms with Gasteiger partial charge in [0.1, 0.15) is 11.5 Å². The molecule has 29 heavy (non-hydrogen) atoms. The fourth-order valence-electron chi connectivity index (χ4n) is 3.87. The summed E-state index contributed by atoms with van der Waals surface area (Å²) in [4.78, 5) is 21.6. The van der Waals surface area contributed by atoms with E-state index >= 15 is 0 Å². The molecule has 2 fully saturated rings. The third-order valence-electron chi connectivity index (χ3n) is 5.64. The van der Waals surface area contributed by atoms with Gasteiger partial charge < -0.3 is 29.6 Å². The van der Waals surface area contributed by atoms with Crippen molar-refractivity contribution < 1.29 is 14.8 Å². The maximum absolute atomic E-state index is 12.3. The van der Waals surface area contributed by atoms with Crippen molar-refractivity contribution in [3.05, 3.63) is 40.9 Å². The van der Waals surface area contributed by atoms with Crippen molar-refractivity contribution in [2.75, 3.05) is 43.1 Å². The number of nitrogens with one attached hydrogen (secondary N) is 1. The maximum atomic E-state index is 12.3. The molecule has 4 heterocycles. The van der Waals surface area contributed by atoms with Crippen LogP contribution in [0.3, 0.4) is 0 Å². The largest absolute Gasteiger partial charge is 0.490 e. The highest BCUT2D eigenvalue weighted by atomic mass is 16.5. The normalized spacial score (nSPS) is 20.4. The summed E-state index contributed by atoms with van der Waals surface area (Å²) >= 11 is 0. The summed E-state index contributed by atoms with van der Waals surface area (Å²) in [6.07, 6.45) is 3.20. The van der Waals surface area contributed by atoms with E-state index in [1.807, 2.05) is 12.1 Å². The lowest BCUT2D eigenvalue weighted by Crippen LogP contribution is -2.59. The predicted molar refractivity (Wildman–Crippen MR) is 112 cm³/mol. The molecule has 0 bridgehead atoms. The van der Waals surface area contributed by atoms with Crippen LogP contribution in [0.15, 0.2) is 35.4 Å². The first-order chi connectivity index (χ1) is 13.9. The Bertz CT molecular complexity index is 916. The number of nitrogens with zero attached hydrogens (tertiary/aromatic N) is 4. The van der Waals surface area contributed by atoms with Crippen LogP contribution in [-0.2, 0) is 11.8 Å². The Morgan fingerprint density at radius 2 is 2.07 bits per heavy atom. The summed E-state index contributed by atoms with van der Waals surface area (Å²) in [7, 11) is -0.0866. The molecule has 0 unspecified atom stereocenters. The van der Waals surface area contributed by atoms with Crippen molar-refractivity contribution in [3.8, 4) is 0 Å². The summed E-state index contributed by atoms with van der Waals surface area (Å²) in [5, 5.41) is 21.8. The van der Waals surface area contributed by atoms with Crippen LogP contribution in [-0.4, -0.2) is 76.5 Å². The van der Waals surface area contributed by atoms with E-state index in [2.05, 4.69) is 27.0 Å². The average Bonchev–Trinajstić information content (AvgIpc) is 2.65. The van der Waals surface area contributed by atoms with Gasteiger partial charge in [-0.3, -0.25) is 9.69 Å². The van der Waals surface area contributed by atoms with Crippen LogP contribution >= 0.6 is 0 Å². The van der Waals surface area contributed by atoms with Gasteiger partial charge in [0.15, 0.2) is 0 Å². The van der Waals surface area contributed by atoms with E-state index in [0.29, 0.717) is 17.9 Å². The van der Waals surface area contributed by atoms with Gasteiger partial charge in [-0.15, -0.1) is 0 Å². The van der Waals surface area contributed by atoms with Crippen molar-refractivity contribution in [3.63, 3.8) is 0 Å². The number of hydrogen-bond donors (Lipinski definition) is 3. The predicted octanol–water partition coefficient (Wildman–Crippen LogP) is -0.887. The van der Waals surface area contributed by atoms with E-state index in [9.17, 15) is 14.8 Å². The fraction of sp³-hybridized carbons (Fsp3) is 0.474. The molecule has 0 saturated carbocycles. The first kappa shape index (κ1) is 19.9. The molecule has 2 aliphatic rings. The highest BCUT2D eigenvalue weighted by Crippen LogP contribution is 2.24. The summed E-state index contributed by atoms with van der Waals surface area (Å²) < 4.78 is 6.61. The standard InChI is InChI=1S/C19H26BN5O4/c1-13-9-24(16-11-29-12-16)5-6-25(13)15-3-4-18(21-8-15)22-17-7-14(20(27)28)10-23(2)19(17)26/h3-4,7-8,10,13,16,27-28H,5-6,9,11-12H2,1-2H3,(H,21,22)/t13-/m0/s1. The lowest BCUT2D eigenvalue weighted by molar-refractivity contribution is -0.0691.